The van der Waals surface area contributed by atoms with Crippen LogP contribution in [-0.2, 0) is 28.6 Å². The van der Waals surface area contributed by atoms with Crippen molar-refractivity contribution in [3.63, 3.8) is 0 Å². The topological polar surface area (TPSA) is 78.9 Å². The van der Waals surface area contributed by atoms with Gasteiger partial charge < -0.3 is 14.2 Å². The number of carbonyl (C=O) groups excluding carboxylic acids is 3. The minimum Gasteiger partial charge on any atom is -0.462 e. The van der Waals surface area contributed by atoms with E-state index in [9.17, 15) is 14.4 Å². The van der Waals surface area contributed by atoms with Crippen molar-refractivity contribution in [1.82, 2.24) is 0 Å². The molecule has 1 atom stereocenters. The van der Waals surface area contributed by atoms with Crippen molar-refractivity contribution in [3.8, 4) is 0 Å². The van der Waals surface area contributed by atoms with E-state index in [1.165, 1.54) is 263 Å². The van der Waals surface area contributed by atoms with E-state index in [4.69, 9.17) is 14.2 Å². The third-order valence-corrected chi connectivity index (χ3v) is 16.1. The first-order valence-corrected chi connectivity index (χ1v) is 35.6. The predicted octanol–water partition coefficient (Wildman–Crippen LogP) is 24.5. The Hall–Kier alpha value is -2.63. The maximum atomic E-state index is 13.0. The summed E-state index contributed by atoms with van der Waals surface area (Å²) in [5.74, 6) is -0.864. The van der Waals surface area contributed by atoms with Crippen LogP contribution in [-0.4, -0.2) is 37.2 Å². The van der Waals surface area contributed by atoms with Crippen molar-refractivity contribution in [2.75, 3.05) is 13.2 Å². The molecule has 0 saturated heterocycles. The molecule has 6 heteroatoms. The Balaban J connectivity index is 4.29. The monoisotopic (exact) mass is 1120 g/mol. The Kier molecular flexibility index (Phi) is 66.6. The van der Waals surface area contributed by atoms with E-state index in [0.717, 1.165) is 83.5 Å². The predicted molar refractivity (Wildman–Crippen MR) is 349 cm³/mol. The average Bonchev–Trinajstić information content (AvgIpc) is 3.46. The molecule has 468 valence electrons. The molecule has 0 fully saturated rings. The van der Waals surface area contributed by atoms with E-state index in [2.05, 4.69) is 69.4 Å². The second-order valence-electron chi connectivity index (χ2n) is 24.1. The van der Waals surface area contributed by atoms with E-state index in [-0.39, 0.29) is 31.1 Å². The highest BCUT2D eigenvalue weighted by Gasteiger charge is 2.19. The van der Waals surface area contributed by atoms with Gasteiger partial charge in [-0.2, -0.15) is 0 Å². The summed E-state index contributed by atoms with van der Waals surface area (Å²) < 4.78 is 17.0. The normalized spacial score (nSPS) is 12.3. The van der Waals surface area contributed by atoms with Gasteiger partial charge in [-0.3, -0.25) is 14.4 Å². The van der Waals surface area contributed by atoms with Gasteiger partial charge in [0.25, 0.3) is 0 Å². The Morgan fingerprint density at radius 2 is 0.450 bits per heavy atom. The fraction of sp³-hybridized carbons (Fsp3) is 0.851. The summed E-state index contributed by atoms with van der Waals surface area (Å²) in [6.45, 7) is 6.66. The van der Waals surface area contributed by atoms with Gasteiger partial charge in [-0.05, 0) is 83.5 Å². The van der Waals surface area contributed by atoms with Crippen LogP contribution in [0.1, 0.15) is 387 Å². The highest BCUT2D eigenvalue weighted by Crippen LogP contribution is 2.18. The average molecular weight is 1120 g/mol. The van der Waals surface area contributed by atoms with Gasteiger partial charge in [0, 0.05) is 19.3 Å². The third-order valence-electron chi connectivity index (χ3n) is 16.1. The zero-order chi connectivity index (χ0) is 57.8. The SMILES string of the molecule is CCCCC/C=C\C/C=C\CCCCCCCC(=O)OCC(COC(=O)CCCCCCCCCCCCCCCCCCCCCCCCCC)OC(=O)CCCCCCCCCCCCC/C=C\C/C=C\CCCCCCC. The summed E-state index contributed by atoms with van der Waals surface area (Å²) in [6, 6.07) is 0. The van der Waals surface area contributed by atoms with E-state index in [1.54, 1.807) is 0 Å². The Bertz CT molecular complexity index is 1380. The van der Waals surface area contributed by atoms with Gasteiger partial charge in [0.15, 0.2) is 6.10 Å². The van der Waals surface area contributed by atoms with Crippen LogP contribution < -0.4 is 0 Å². The first-order chi connectivity index (χ1) is 39.5. The molecule has 1 unspecified atom stereocenters. The van der Waals surface area contributed by atoms with Gasteiger partial charge in [-0.25, -0.2) is 0 Å². The molecule has 0 saturated carbocycles. The Morgan fingerprint density at radius 3 is 0.713 bits per heavy atom. The summed E-state index contributed by atoms with van der Waals surface area (Å²) in [5, 5.41) is 0. The van der Waals surface area contributed by atoms with Crippen LogP contribution in [0.2, 0.25) is 0 Å². The maximum absolute atomic E-state index is 13.0. The van der Waals surface area contributed by atoms with Crippen molar-refractivity contribution >= 4 is 17.9 Å². The van der Waals surface area contributed by atoms with Gasteiger partial charge in [0.2, 0.25) is 0 Å². The fourth-order valence-electron chi connectivity index (χ4n) is 10.7. The van der Waals surface area contributed by atoms with Crippen LogP contribution in [0.3, 0.4) is 0 Å². The lowest BCUT2D eigenvalue weighted by atomic mass is 10.0. The number of unbranched alkanes of at least 4 members (excludes halogenated alkanes) is 47. The van der Waals surface area contributed by atoms with Gasteiger partial charge >= 0.3 is 17.9 Å². The third kappa shape index (κ3) is 66.2. The Labute approximate surface area is 498 Å². The molecule has 0 radical (unpaired) electrons. The van der Waals surface area contributed by atoms with Crippen molar-refractivity contribution in [2.45, 2.75) is 393 Å². The highest BCUT2D eigenvalue weighted by atomic mass is 16.6. The zero-order valence-electron chi connectivity index (χ0n) is 53.9. The quantitative estimate of drug-likeness (QED) is 0.0261. The number of hydrogen-bond acceptors (Lipinski definition) is 6. The molecule has 0 aromatic rings. The van der Waals surface area contributed by atoms with Gasteiger partial charge in [0.1, 0.15) is 13.2 Å². The maximum Gasteiger partial charge on any atom is 0.306 e. The zero-order valence-corrected chi connectivity index (χ0v) is 53.9. The molecule has 0 aliphatic carbocycles. The second-order valence-corrected chi connectivity index (χ2v) is 24.1. The largest absolute Gasteiger partial charge is 0.462 e. The minimum atomic E-state index is -0.780. The molecule has 6 nitrogen and oxygen atoms in total. The Morgan fingerprint density at radius 1 is 0.250 bits per heavy atom. The lowest BCUT2D eigenvalue weighted by Gasteiger charge is -2.18. The smallest absolute Gasteiger partial charge is 0.306 e. The molecule has 0 aliphatic rings. The van der Waals surface area contributed by atoms with Gasteiger partial charge in [0.05, 0.1) is 0 Å². The summed E-state index contributed by atoms with van der Waals surface area (Å²) in [5.41, 5.74) is 0. The van der Waals surface area contributed by atoms with Gasteiger partial charge in [-0.1, -0.05) is 333 Å². The summed E-state index contributed by atoms with van der Waals surface area (Å²) >= 11 is 0. The van der Waals surface area contributed by atoms with E-state index in [0.29, 0.717) is 19.3 Å². The number of rotatable bonds is 66. The molecule has 0 bridgehead atoms. The fourth-order valence-corrected chi connectivity index (χ4v) is 10.7. The molecular formula is C74H136O6. The number of carbonyl (C=O) groups is 3. The van der Waals surface area contributed by atoms with Crippen LogP contribution in [0, 0.1) is 0 Å². The first kappa shape index (κ1) is 77.4. The van der Waals surface area contributed by atoms with Crippen molar-refractivity contribution in [2.24, 2.45) is 0 Å². The summed E-state index contributed by atoms with van der Waals surface area (Å²) in [7, 11) is 0. The molecule has 80 heavy (non-hydrogen) atoms. The van der Waals surface area contributed by atoms with Crippen LogP contribution in [0.5, 0.6) is 0 Å². The standard InChI is InChI=1S/C74H136O6/c1-4-7-10-13-16-19-22-25-28-30-32-34-36-38-39-41-43-46-49-52-55-58-61-64-67-73(76)79-70-71(69-78-72(75)66-63-60-57-54-51-48-45-27-24-21-18-15-12-9-6-3)80-74(77)68-65-62-59-56-53-50-47-44-42-40-37-35-33-31-29-26-23-20-17-14-11-8-5-2/h18,21,23,26-27,31,33,45,71H,4-17,19-20,22,24-25,28-30,32,34-44,46-70H2,1-3H3/b21-18-,26-23-,33-31-,45-27-. The molecule has 0 N–H and O–H groups in total. The van der Waals surface area contributed by atoms with Crippen LogP contribution >= 0.6 is 0 Å². The minimum absolute atomic E-state index is 0.0742. The van der Waals surface area contributed by atoms with Crippen LogP contribution in [0.15, 0.2) is 48.6 Å². The molecule has 0 aromatic carbocycles. The van der Waals surface area contributed by atoms with Crippen molar-refractivity contribution in [1.29, 1.82) is 0 Å². The molecule has 0 aromatic heterocycles. The molecule has 0 rings (SSSR count). The molecule has 0 aliphatic heterocycles. The number of hydrogen-bond donors (Lipinski definition) is 0. The lowest BCUT2D eigenvalue weighted by Crippen LogP contribution is -2.30. The van der Waals surface area contributed by atoms with Gasteiger partial charge in [-0.15, -0.1) is 0 Å². The van der Waals surface area contributed by atoms with E-state index in [1.807, 2.05) is 0 Å². The van der Waals surface area contributed by atoms with Crippen molar-refractivity contribution < 1.29 is 28.6 Å². The molecule has 0 spiro atoms. The number of ether oxygens (including phenoxy) is 3. The number of esters is 3. The summed E-state index contributed by atoms with van der Waals surface area (Å²) in [6.07, 6.45) is 87.1. The first-order valence-electron chi connectivity index (χ1n) is 35.6. The van der Waals surface area contributed by atoms with Crippen LogP contribution in [0.25, 0.3) is 0 Å². The van der Waals surface area contributed by atoms with Crippen LogP contribution in [0.4, 0.5) is 0 Å². The van der Waals surface area contributed by atoms with E-state index >= 15 is 0 Å². The molecular weight excluding hydrogens is 985 g/mol. The van der Waals surface area contributed by atoms with Crippen molar-refractivity contribution in [3.05, 3.63) is 48.6 Å². The number of allylic oxidation sites excluding steroid dienone is 8. The van der Waals surface area contributed by atoms with E-state index < -0.39 is 6.10 Å². The molecule has 0 heterocycles. The molecule has 0 amide bonds. The second kappa shape index (κ2) is 68.9. The highest BCUT2D eigenvalue weighted by molar-refractivity contribution is 5.71. The lowest BCUT2D eigenvalue weighted by molar-refractivity contribution is -0.167. The summed E-state index contributed by atoms with van der Waals surface area (Å²) in [4.78, 5) is 38.5.